The third-order valence-electron chi connectivity index (χ3n) is 6.05. The Morgan fingerprint density at radius 3 is 2.74 bits per heavy atom. The van der Waals surface area contributed by atoms with Crippen LogP contribution in [0.4, 0.5) is 0 Å². The minimum atomic E-state index is -0.250. The molecule has 0 bridgehead atoms. The van der Waals surface area contributed by atoms with Gasteiger partial charge in [0, 0.05) is 57.9 Å². The van der Waals surface area contributed by atoms with Crippen molar-refractivity contribution in [1.82, 2.24) is 14.4 Å². The van der Waals surface area contributed by atoms with Crippen molar-refractivity contribution in [3.05, 3.63) is 33.7 Å². The fraction of sp³-hybridized carbons (Fsp3) is 0.650. The number of likely N-dealkylation sites (tertiary alicyclic amines) is 2. The zero-order valence-corrected chi connectivity index (χ0v) is 16.5. The van der Waals surface area contributed by atoms with Gasteiger partial charge in [0.15, 0.2) is 0 Å². The zero-order chi connectivity index (χ0) is 19.6. The molecule has 0 N–H and O–H groups in total. The highest BCUT2D eigenvalue weighted by Gasteiger charge is 2.43. The molecule has 27 heavy (non-hydrogen) atoms. The van der Waals surface area contributed by atoms with Gasteiger partial charge in [0.25, 0.3) is 11.5 Å². The van der Waals surface area contributed by atoms with Crippen molar-refractivity contribution in [2.24, 2.45) is 12.5 Å². The van der Waals surface area contributed by atoms with Crippen LogP contribution in [0, 0.1) is 12.3 Å². The summed E-state index contributed by atoms with van der Waals surface area (Å²) in [5.74, 6) is -0.0384. The van der Waals surface area contributed by atoms with Crippen molar-refractivity contribution in [3.63, 3.8) is 0 Å². The van der Waals surface area contributed by atoms with Gasteiger partial charge in [0.2, 0.25) is 5.91 Å². The van der Waals surface area contributed by atoms with E-state index in [9.17, 15) is 14.4 Å². The molecule has 1 aromatic rings. The molecule has 148 valence electrons. The van der Waals surface area contributed by atoms with Gasteiger partial charge in [0.1, 0.15) is 5.56 Å². The molecular formula is C20H29N3O4. The quantitative estimate of drug-likeness (QED) is 0.792. The SMILES string of the molecule is COCCN1CC2(CCCN(C(=O)c3ccc(C)n(C)c3=O)C2)CCC1=O. The van der Waals surface area contributed by atoms with Crippen molar-refractivity contribution in [2.45, 2.75) is 32.6 Å². The molecule has 2 fully saturated rings. The predicted molar refractivity (Wildman–Crippen MR) is 102 cm³/mol. The van der Waals surface area contributed by atoms with E-state index in [0.717, 1.165) is 25.0 Å². The summed E-state index contributed by atoms with van der Waals surface area (Å²) < 4.78 is 6.64. The molecule has 0 aliphatic carbocycles. The number of rotatable bonds is 4. The number of methoxy groups -OCH3 is 1. The molecule has 1 spiro atoms. The van der Waals surface area contributed by atoms with E-state index in [1.807, 2.05) is 11.8 Å². The van der Waals surface area contributed by atoms with Crippen LogP contribution in [0.15, 0.2) is 16.9 Å². The highest BCUT2D eigenvalue weighted by Crippen LogP contribution is 2.39. The van der Waals surface area contributed by atoms with Crippen LogP contribution in [-0.2, 0) is 16.6 Å². The fourth-order valence-electron chi connectivity index (χ4n) is 4.28. The van der Waals surface area contributed by atoms with E-state index in [0.29, 0.717) is 39.2 Å². The molecule has 7 nitrogen and oxygen atoms in total. The maximum atomic E-state index is 13.0. The maximum Gasteiger partial charge on any atom is 0.263 e. The van der Waals surface area contributed by atoms with Gasteiger partial charge in [-0.2, -0.15) is 0 Å². The minimum absolute atomic E-state index is 0.0779. The van der Waals surface area contributed by atoms with Crippen LogP contribution in [0.1, 0.15) is 41.7 Å². The van der Waals surface area contributed by atoms with Crippen molar-refractivity contribution in [2.75, 3.05) is 39.9 Å². The van der Waals surface area contributed by atoms with Gasteiger partial charge < -0.3 is 19.1 Å². The molecule has 2 saturated heterocycles. The summed E-state index contributed by atoms with van der Waals surface area (Å²) >= 11 is 0. The third-order valence-corrected chi connectivity index (χ3v) is 6.05. The Morgan fingerprint density at radius 1 is 1.22 bits per heavy atom. The van der Waals surface area contributed by atoms with E-state index in [4.69, 9.17) is 4.74 Å². The predicted octanol–water partition coefficient (Wildman–Crippen LogP) is 1.18. The Labute approximate surface area is 159 Å². The number of aryl methyl sites for hydroxylation is 1. The average Bonchev–Trinajstić information content (AvgIpc) is 2.67. The Morgan fingerprint density at radius 2 is 2.00 bits per heavy atom. The fourth-order valence-corrected chi connectivity index (χ4v) is 4.28. The van der Waals surface area contributed by atoms with Gasteiger partial charge in [-0.1, -0.05) is 0 Å². The monoisotopic (exact) mass is 375 g/mol. The summed E-state index contributed by atoms with van der Waals surface area (Å²) in [7, 11) is 3.32. The van der Waals surface area contributed by atoms with Crippen LogP contribution in [0.5, 0.6) is 0 Å². The van der Waals surface area contributed by atoms with Gasteiger partial charge in [-0.15, -0.1) is 0 Å². The topological polar surface area (TPSA) is 71.8 Å². The number of ether oxygens (including phenoxy) is 1. The second kappa shape index (κ2) is 7.84. The Bertz CT molecular complexity index is 788. The van der Waals surface area contributed by atoms with Gasteiger partial charge in [-0.05, 0) is 38.3 Å². The first-order valence-corrected chi connectivity index (χ1v) is 9.59. The standard InChI is InChI=1S/C20H29N3O4/c1-15-5-6-16(18(25)21(15)2)19(26)23-10-4-8-20(14-23)9-7-17(24)22(13-20)11-12-27-3/h5-6H,4,7-14H2,1-3H3. The summed E-state index contributed by atoms with van der Waals surface area (Å²) in [6.45, 7) is 4.86. The smallest absolute Gasteiger partial charge is 0.263 e. The molecular weight excluding hydrogens is 346 g/mol. The van der Waals surface area contributed by atoms with E-state index in [-0.39, 0.29) is 28.4 Å². The Balaban J connectivity index is 1.77. The van der Waals surface area contributed by atoms with Crippen LogP contribution >= 0.6 is 0 Å². The van der Waals surface area contributed by atoms with Crippen LogP contribution in [0.2, 0.25) is 0 Å². The van der Waals surface area contributed by atoms with Crippen LogP contribution in [0.3, 0.4) is 0 Å². The van der Waals surface area contributed by atoms with Crippen LogP contribution in [-0.4, -0.2) is 66.1 Å². The van der Waals surface area contributed by atoms with Gasteiger partial charge in [0.05, 0.1) is 6.61 Å². The van der Waals surface area contributed by atoms with Crippen molar-refractivity contribution in [1.29, 1.82) is 0 Å². The lowest BCUT2D eigenvalue weighted by Crippen LogP contribution is -2.55. The summed E-state index contributed by atoms with van der Waals surface area (Å²) in [5.41, 5.74) is 0.723. The second-order valence-corrected chi connectivity index (χ2v) is 7.89. The zero-order valence-electron chi connectivity index (χ0n) is 16.5. The Kier molecular flexibility index (Phi) is 5.69. The molecule has 0 radical (unpaired) electrons. The number of carbonyl (C=O) groups excluding carboxylic acids is 2. The van der Waals surface area contributed by atoms with E-state index in [2.05, 4.69) is 0 Å². The lowest BCUT2D eigenvalue weighted by atomic mass is 9.73. The van der Waals surface area contributed by atoms with Gasteiger partial charge in [-0.25, -0.2) is 0 Å². The number of piperidine rings is 2. The molecule has 1 atom stereocenters. The highest BCUT2D eigenvalue weighted by atomic mass is 16.5. The summed E-state index contributed by atoms with van der Waals surface area (Å²) in [4.78, 5) is 41.4. The van der Waals surface area contributed by atoms with Crippen LogP contribution < -0.4 is 5.56 Å². The van der Waals surface area contributed by atoms with E-state index in [1.54, 1.807) is 31.2 Å². The van der Waals surface area contributed by atoms with Crippen molar-refractivity contribution < 1.29 is 14.3 Å². The first-order chi connectivity index (χ1) is 12.9. The first kappa shape index (κ1) is 19.6. The van der Waals surface area contributed by atoms with Crippen molar-refractivity contribution >= 4 is 11.8 Å². The van der Waals surface area contributed by atoms with Crippen LogP contribution in [0.25, 0.3) is 0 Å². The number of amides is 2. The lowest BCUT2D eigenvalue weighted by Gasteiger charge is -2.48. The molecule has 3 rings (SSSR count). The molecule has 2 amide bonds. The number of hydrogen-bond donors (Lipinski definition) is 0. The largest absolute Gasteiger partial charge is 0.383 e. The number of hydrogen-bond acceptors (Lipinski definition) is 4. The highest BCUT2D eigenvalue weighted by molar-refractivity contribution is 5.94. The van der Waals surface area contributed by atoms with E-state index in [1.165, 1.54) is 4.57 Å². The van der Waals surface area contributed by atoms with Gasteiger partial charge in [-0.3, -0.25) is 14.4 Å². The number of carbonyl (C=O) groups is 2. The Hall–Kier alpha value is -2.15. The normalized spacial score (nSPS) is 23.1. The third kappa shape index (κ3) is 3.93. The molecule has 0 aromatic carbocycles. The molecule has 7 heteroatoms. The minimum Gasteiger partial charge on any atom is -0.383 e. The van der Waals surface area contributed by atoms with E-state index < -0.39 is 0 Å². The number of aromatic nitrogens is 1. The molecule has 2 aliphatic rings. The summed E-state index contributed by atoms with van der Waals surface area (Å²) in [5, 5.41) is 0. The number of pyridine rings is 1. The first-order valence-electron chi connectivity index (χ1n) is 9.59. The second-order valence-electron chi connectivity index (χ2n) is 7.89. The molecule has 1 aromatic heterocycles. The summed E-state index contributed by atoms with van der Waals surface area (Å²) in [6, 6.07) is 3.44. The summed E-state index contributed by atoms with van der Waals surface area (Å²) in [6.07, 6.45) is 3.20. The maximum absolute atomic E-state index is 13.0. The molecule has 1 unspecified atom stereocenters. The molecule has 0 saturated carbocycles. The van der Waals surface area contributed by atoms with E-state index >= 15 is 0 Å². The number of nitrogens with zero attached hydrogens (tertiary/aromatic N) is 3. The lowest BCUT2D eigenvalue weighted by molar-refractivity contribution is -0.139. The van der Waals surface area contributed by atoms with Gasteiger partial charge >= 0.3 is 0 Å². The molecule has 3 heterocycles. The molecule has 2 aliphatic heterocycles. The van der Waals surface area contributed by atoms with Crippen molar-refractivity contribution in [3.8, 4) is 0 Å². The average molecular weight is 375 g/mol.